The maximum Gasteiger partial charge on any atom is 0.217 e. The lowest BCUT2D eigenvalue weighted by Gasteiger charge is -2.22. The van der Waals surface area contributed by atoms with E-state index in [0.717, 1.165) is 31.5 Å². The highest BCUT2D eigenvalue weighted by molar-refractivity contribution is 5.72. The Morgan fingerprint density at radius 1 is 1.47 bits per heavy atom. The van der Waals surface area contributed by atoms with Crippen LogP contribution in [0.25, 0.3) is 0 Å². The van der Waals surface area contributed by atoms with Crippen LogP contribution < -0.4 is 10.6 Å². The van der Waals surface area contributed by atoms with Gasteiger partial charge in [-0.25, -0.2) is 0 Å². The lowest BCUT2D eigenvalue weighted by Crippen LogP contribution is -2.27. The summed E-state index contributed by atoms with van der Waals surface area (Å²) in [6, 6.07) is 4.15. The van der Waals surface area contributed by atoms with Crippen molar-refractivity contribution in [1.82, 2.24) is 15.6 Å². The monoisotopic (exact) mass is 233 g/mol. The second-order valence-corrected chi connectivity index (χ2v) is 4.53. The molecule has 0 aromatic carbocycles. The Labute approximate surface area is 102 Å². The number of rotatable bonds is 3. The third kappa shape index (κ3) is 3.53. The molecule has 1 aromatic heterocycles. The molecule has 4 heteroatoms. The first-order chi connectivity index (χ1) is 8.25. The molecular formula is C13H19N3O. The molecule has 2 rings (SSSR count). The second-order valence-electron chi connectivity index (χ2n) is 4.53. The summed E-state index contributed by atoms with van der Waals surface area (Å²) in [5.41, 5.74) is 2.23. The van der Waals surface area contributed by atoms with Crippen molar-refractivity contribution in [3.8, 4) is 0 Å². The highest BCUT2D eigenvalue weighted by atomic mass is 16.1. The van der Waals surface area contributed by atoms with Gasteiger partial charge in [0.25, 0.3) is 0 Å². The summed E-state index contributed by atoms with van der Waals surface area (Å²) in [7, 11) is 0. The number of nitrogens with one attached hydrogen (secondary N) is 2. The lowest BCUT2D eigenvalue weighted by atomic mass is 9.94. The fourth-order valence-corrected chi connectivity index (χ4v) is 2.13. The summed E-state index contributed by atoms with van der Waals surface area (Å²) in [5, 5.41) is 6.13. The maximum atomic E-state index is 10.8. The summed E-state index contributed by atoms with van der Waals surface area (Å²) < 4.78 is 0. The number of pyridine rings is 1. The van der Waals surface area contributed by atoms with E-state index in [9.17, 15) is 4.79 Å². The average molecular weight is 233 g/mol. The van der Waals surface area contributed by atoms with E-state index in [4.69, 9.17) is 0 Å². The van der Waals surface area contributed by atoms with Crippen molar-refractivity contribution in [2.24, 2.45) is 0 Å². The van der Waals surface area contributed by atoms with E-state index in [1.165, 1.54) is 12.6 Å². The van der Waals surface area contributed by atoms with Crippen LogP contribution in [-0.2, 0) is 11.3 Å². The topological polar surface area (TPSA) is 54.0 Å². The van der Waals surface area contributed by atoms with Crippen LogP contribution >= 0.6 is 0 Å². The van der Waals surface area contributed by atoms with Crippen molar-refractivity contribution >= 4 is 5.91 Å². The number of carbonyl (C=O) groups excluding carboxylic acids is 1. The quantitative estimate of drug-likeness (QED) is 0.824. The average Bonchev–Trinajstić information content (AvgIpc) is 2.38. The Balaban J connectivity index is 1.94. The van der Waals surface area contributed by atoms with Crippen molar-refractivity contribution in [2.75, 3.05) is 13.1 Å². The van der Waals surface area contributed by atoms with Crippen LogP contribution in [0.4, 0.5) is 0 Å². The Morgan fingerprint density at radius 2 is 2.24 bits per heavy atom. The first-order valence-corrected chi connectivity index (χ1v) is 6.15. The first-order valence-electron chi connectivity index (χ1n) is 6.15. The molecule has 1 fully saturated rings. The molecule has 1 aromatic rings. The number of hydrogen-bond donors (Lipinski definition) is 2. The van der Waals surface area contributed by atoms with Gasteiger partial charge in [0.05, 0.1) is 0 Å². The van der Waals surface area contributed by atoms with Gasteiger partial charge in [-0.1, -0.05) is 6.07 Å². The van der Waals surface area contributed by atoms with E-state index >= 15 is 0 Å². The van der Waals surface area contributed by atoms with Crippen LogP contribution in [-0.4, -0.2) is 24.0 Å². The van der Waals surface area contributed by atoms with Gasteiger partial charge >= 0.3 is 0 Å². The molecule has 1 aliphatic rings. The number of piperidine rings is 1. The zero-order chi connectivity index (χ0) is 12.1. The van der Waals surface area contributed by atoms with Gasteiger partial charge in [0.15, 0.2) is 0 Å². The number of aromatic nitrogens is 1. The van der Waals surface area contributed by atoms with Gasteiger partial charge < -0.3 is 10.6 Å². The highest BCUT2D eigenvalue weighted by Gasteiger charge is 2.15. The SMILES string of the molecule is CC(=O)NCc1ccc(C2CCNCC2)nc1. The van der Waals surface area contributed by atoms with Crippen molar-refractivity contribution < 1.29 is 4.79 Å². The maximum absolute atomic E-state index is 10.8. The smallest absolute Gasteiger partial charge is 0.217 e. The Kier molecular flexibility index (Phi) is 4.09. The molecule has 92 valence electrons. The van der Waals surface area contributed by atoms with Gasteiger partial charge in [-0.05, 0) is 37.6 Å². The molecule has 0 saturated carbocycles. The van der Waals surface area contributed by atoms with Gasteiger partial charge in [-0.2, -0.15) is 0 Å². The number of amides is 1. The van der Waals surface area contributed by atoms with Crippen molar-refractivity contribution in [1.29, 1.82) is 0 Å². The molecule has 1 amide bonds. The lowest BCUT2D eigenvalue weighted by molar-refractivity contribution is -0.119. The standard InChI is InChI=1S/C13H19N3O/c1-10(17)15-8-11-2-3-13(16-9-11)12-4-6-14-7-5-12/h2-3,9,12,14H,4-8H2,1H3,(H,15,17). The first kappa shape index (κ1) is 12.0. The summed E-state index contributed by atoms with van der Waals surface area (Å²) in [6.07, 6.45) is 4.20. The predicted octanol–water partition coefficient (Wildman–Crippen LogP) is 1.18. The van der Waals surface area contributed by atoms with E-state index in [-0.39, 0.29) is 5.91 Å². The van der Waals surface area contributed by atoms with Crippen molar-refractivity contribution in [3.05, 3.63) is 29.6 Å². The molecule has 0 unspecified atom stereocenters. The van der Waals surface area contributed by atoms with E-state index in [2.05, 4.69) is 27.8 Å². The van der Waals surface area contributed by atoms with Gasteiger partial charge in [-0.3, -0.25) is 9.78 Å². The van der Waals surface area contributed by atoms with E-state index in [0.29, 0.717) is 12.5 Å². The third-order valence-electron chi connectivity index (χ3n) is 3.15. The molecule has 0 radical (unpaired) electrons. The largest absolute Gasteiger partial charge is 0.352 e. The van der Waals surface area contributed by atoms with Gasteiger partial charge in [0.2, 0.25) is 5.91 Å². The molecular weight excluding hydrogens is 214 g/mol. The summed E-state index contributed by atoms with van der Waals surface area (Å²) in [5.74, 6) is 0.582. The second kappa shape index (κ2) is 5.77. The minimum atomic E-state index is -0.00701. The Bertz CT molecular complexity index is 369. The summed E-state index contributed by atoms with van der Waals surface area (Å²) >= 11 is 0. The zero-order valence-corrected chi connectivity index (χ0v) is 10.2. The summed E-state index contributed by atoms with van der Waals surface area (Å²) in [4.78, 5) is 15.3. The molecule has 0 aliphatic carbocycles. The molecule has 2 heterocycles. The molecule has 1 saturated heterocycles. The van der Waals surface area contributed by atoms with Gasteiger partial charge in [0, 0.05) is 31.3 Å². The van der Waals surface area contributed by atoms with Gasteiger partial charge in [0.1, 0.15) is 0 Å². The van der Waals surface area contributed by atoms with Crippen molar-refractivity contribution in [3.63, 3.8) is 0 Å². The Morgan fingerprint density at radius 3 is 2.82 bits per heavy atom. The van der Waals surface area contributed by atoms with Gasteiger partial charge in [-0.15, -0.1) is 0 Å². The van der Waals surface area contributed by atoms with Crippen LogP contribution in [0.3, 0.4) is 0 Å². The predicted molar refractivity (Wildman–Crippen MR) is 66.6 cm³/mol. The molecule has 1 aliphatic heterocycles. The minimum Gasteiger partial charge on any atom is -0.352 e. The highest BCUT2D eigenvalue weighted by Crippen LogP contribution is 2.23. The minimum absolute atomic E-state index is 0.00701. The normalized spacial score (nSPS) is 16.8. The molecule has 2 N–H and O–H groups in total. The van der Waals surface area contributed by atoms with Crippen LogP contribution in [0.2, 0.25) is 0 Å². The number of nitrogens with zero attached hydrogens (tertiary/aromatic N) is 1. The van der Waals surface area contributed by atoms with E-state index in [1.807, 2.05) is 6.20 Å². The van der Waals surface area contributed by atoms with Crippen LogP contribution in [0.5, 0.6) is 0 Å². The van der Waals surface area contributed by atoms with Crippen LogP contribution in [0.1, 0.15) is 36.9 Å². The van der Waals surface area contributed by atoms with Crippen molar-refractivity contribution in [2.45, 2.75) is 32.2 Å². The third-order valence-corrected chi connectivity index (χ3v) is 3.15. The number of hydrogen-bond acceptors (Lipinski definition) is 3. The fourth-order valence-electron chi connectivity index (χ4n) is 2.13. The summed E-state index contributed by atoms with van der Waals surface area (Å²) in [6.45, 7) is 4.26. The van der Waals surface area contributed by atoms with Crippen LogP contribution in [0, 0.1) is 0 Å². The molecule has 0 atom stereocenters. The molecule has 17 heavy (non-hydrogen) atoms. The van der Waals surface area contributed by atoms with Crippen LogP contribution in [0.15, 0.2) is 18.3 Å². The molecule has 0 spiro atoms. The molecule has 0 bridgehead atoms. The van der Waals surface area contributed by atoms with E-state index in [1.54, 1.807) is 0 Å². The fraction of sp³-hybridized carbons (Fsp3) is 0.538. The van der Waals surface area contributed by atoms with E-state index < -0.39 is 0 Å². The number of carbonyl (C=O) groups is 1. The zero-order valence-electron chi connectivity index (χ0n) is 10.2. The molecule has 4 nitrogen and oxygen atoms in total. The Hall–Kier alpha value is -1.42.